The van der Waals surface area contributed by atoms with Crippen molar-refractivity contribution in [3.05, 3.63) is 23.8 Å². The van der Waals surface area contributed by atoms with E-state index in [1.165, 1.54) is 19.3 Å². The second-order valence-corrected chi connectivity index (χ2v) is 8.93. The third kappa shape index (κ3) is 7.57. The SMILES string of the molecule is Cc1cc(NC(=O)N(C)CCC2CCCCN2C)ccc1NC(=O)OC(C)(C)C. The van der Waals surface area contributed by atoms with E-state index >= 15 is 0 Å². The molecule has 0 aliphatic carbocycles. The summed E-state index contributed by atoms with van der Waals surface area (Å²) in [5.41, 5.74) is 1.65. The molecule has 162 valence electrons. The number of rotatable bonds is 5. The molecule has 29 heavy (non-hydrogen) atoms. The first-order chi connectivity index (χ1) is 13.5. The summed E-state index contributed by atoms with van der Waals surface area (Å²) in [4.78, 5) is 28.6. The van der Waals surface area contributed by atoms with Gasteiger partial charge in [0.2, 0.25) is 0 Å². The van der Waals surface area contributed by atoms with Crippen LogP contribution < -0.4 is 10.6 Å². The third-order valence-corrected chi connectivity index (χ3v) is 5.18. The molecule has 1 aromatic carbocycles. The number of anilines is 2. The zero-order valence-corrected chi connectivity index (χ0v) is 18.7. The maximum Gasteiger partial charge on any atom is 0.412 e. The molecule has 0 bridgehead atoms. The summed E-state index contributed by atoms with van der Waals surface area (Å²) in [5, 5.41) is 5.67. The third-order valence-electron chi connectivity index (χ3n) is 5.18. The number of ether oxygens (including phenoxy) is 1. The Balaban J connectivity index is 1.86. The lowest BCUT2D eigenvalue weighted by Gasteiger charge is -2.33. The molecular formula is C22H36N4O3. The van der Waals surface area contributed by atoms with E-state index in [1.807, 2.05) is 40.8 Å². The summed E-state index contributed by atoms with van der Waals surface area (Å²) >= 11 is 0. The van der Waals surface area contributed by atoms with Crippen LogP contribution in [0, 0.1) is 6.92 Å². The molecule has 2 N–H and O–H groups in total. The van der Waals surface area contributed by atoms with Crippen LogP contribution in [-0.4, -0.2) is 60.8 Å². The Labute approximate surface area is 174 Å². The highest BCUT2D eigenvalue weighted by atomic mass is 16.6. The fourth-order valence-corrected chi connectivity index (χ4v) is 3.47. The van der Waals surface area contributed by atoms with Gasteiger partial charge in [-0.2, -0.15) is 0 Å². The van der Waals surface area contributed by atoms with Gasteiger partial charge >= 0.3 is 12.1 Å². The van der Waals surface area contributed by atoms with Crippen molar-refractivity contribution in [3.63, 3.8) is 0 Å². The number of urea groups is 1. The van der Waals surface area contributed by atoms with E-state index in [0.29, 0.717) is 17.4 Å². The van der Waals surface area contributed by atoms with Crippen molar-refractivity contribution in [1.82, 2.24) is 9.80 Å². The minimum Gasteiger partial charge on any atom is -0.444 e. The van der Waals surface area contributed by atoms with Gasteiger partial charge in [-0.05, 0) is 84.3 Å². The lowest BCUT2D eigenvalue weighted by Crippen LogP contribution is -2.40. The predicted octanol–water partition coefficient (Wildman–Crippen LogP) is 4.68. The van der Waals surface area contributed by atoms with Gasteiger partial charge in [-0.25, -0.2) is 9.59 Å². The van der Waals surface area contributed by atoms with Gasteiger partial charge in [-0.15, -0.1) is 0 Å². The first kappa shape index (κ1) is 23.0. The Bertz CT molecular complexity index is 714. The van der Waals surface area contributed by atoms with Crippen LogP contribution in [0.2, 0.25) is 0 Å². The number of amides is 3. The quantitative estimate of drug-likeness (QED) is 0.747. The second kappa shape index (κ2) is 9.96. The molecule has 1 aromatic rings. The molecule has 0 spiro atoms. The van der Waals surface area contributed by atoms with Crippen molar-refractivity contribution in [2.45, 2.75) is 65.0 Å². The highest BCUT2D eigenvalue weighted by Crippen LogP contribution is 2.22. The molecular weight excluding hydrogens is 368 g/mol. The molecule has 1 saturated heterocycles. The van der Waals surface area contributed by atoms with Crippen molar-refractivity contribution in [2.75, 3.05) is 37.8 Å². The Kier molecular flexibility index (Phi) is 7.90. The number of nitrogens with zero attached hydrogens (tertiary/aromatic N) is 2. The Morgan fingerprint density at radius 1 is 1.24 bits per heavy atom. The summed E-state index contributed by atoms with van der Waals surface area (Å²) in [7, 11) is 3.99. The van der Waals surface area contributed by atoms with Crippen LogP contribution >= 0.6 is 0 Å². The van der Waals surface area contributed by atoms with Gasteiger partial charge in [-0.3, -0.25) is 5.32 Å². The van der Waals surface area contributed by atoms with Crippen molar-refractivity contribution < 1.29 is 14.3 Å². The van der Waals surface area contributed by atoms with Crippen molar-refractivity contribution >= 4 is 23.5 Å². The summed E-state index contributed by atoms with van der Waals surface area (Å²) in [5.74, 6) is 0. The van der Waals surface area contributed by atoms with Gasteiger partial charge < -0.3 is 19.9 Å². The first-order valence-corrected chi connectivity index (χ1v) is 10.4. The summed E-state index contributed by atoms with van der Waals surface area (Å²) < 4.78 is 5.28. The van der Waals surface area contributed by atoms with Gasteiger partial charge in [-0.1, -0.05) is 6.42 Å². The van der Waals surface area contributed by atoms with E-state index in [1.54, 1.807) is 17.0 Å². The molecule has 7 nitrogen and oxygen atoms in total. The number of nitrogens with one attached hydrogen (secondary N) is 2. The van der Waals surface area contributed by atoms with Gasteiger partial charge in [0.1, 0.15) is 5.60 Å². The maximum atomic E-state index is 12.5. The lowest BCUT2D eigenvalue weighted by molar-refractivity contribution is 0.0635. The topological polar surface area (TPSA) is 73.9 Å². The molecule has 1 unspecified atom stereocenters. The first-order valence-electron chi connectivity index (χ1n) is 10.4. The number of carbonyl (C=O) groups is 2. The van der Waals surface area contributed by atoms with Gasteiger partial charge in [0.25, 0.3) is 0 Å². The number of piperidine rings is 1. The van der Waals surface area contributed by atoms with Crippen LogP contribution in [0.3, 0.4) is 0 Å². The van der Waals surface area contributed by atoms with Crippen LogP contribution in [0.15, 0.2) is 18.2 Å². The van der Waals surface area contributed by atoms with Crippen molar-refractivity contribution in [1.29, 1.82) is 0 Å². The van der Waals surface area contributed by atoms with Crippen LogP contribution in [0.25, 0.3) is 0 Å². The molecule has 3 amide bonds. The summed E-state index contributed by atoms with van der Waals surface area (Å²) in [6.45, 7) is 9.20. The standard InChI is InChI=1S/C22H36N4O3/c1-16-15-17(10-11-19(16)24-21(28)29-22(2,3)4)23-20(27)26(6)14-12-18-9-7-8-13-25(18)5/h10-11,15,18H,7-9,12-14H2,1-6H3,(H,23,27)(H,24,28). The summed E-state index contributed by atoms with van der Waals surface area (Å²) in [6, 6.07) is 5.81. The van der Waals surface area contributed by atoms with E-state index in [4.69, 9.17) is 4.74 Å². The van der Waals surface area contributed by atoms with Crippen molar-refractivity contribution in [2.24, 2.45) is 0 Å². The van der Waals surface area contributed by atoms with E-state index in [2.05, 4.69) is 22.6 Å². The minimum atomic E-state index is -0.553. The zero-order chi connectivity index (χ0) is 21.6. The maximum absolute atomic E-state index is 12.5. The molecule has 1 fully saturated rings. The number of likely N-dealkylation sites (tertiary alicyclic amines) is 1. The number of aryl methyl sites for hydroxylation is 1. The fraction of sp³-hybridized carbons (Fsp3) is 0.636. The molecule has 1 aliphatic heterocycles. The molecule has 0 aromatic heterocycles. The summed E-state index contributed by atoms with van der Waals surface area (Å²) in [6.07, 6.45) is 4.23. The molecule has 0 saturated carbocycles. The molecule has 1 aliphatic rings. The zero-order valence-electron chi connectivity index (χ0n) is 18.7. The molecule has 1 atom stereocenters. The van der Waals surface area contributed by atoms with E-state index < -0.39 is 11.7 Å². The molecule has 1 heterocycles. The predicted molar refractivity (Wildman–Crippen MR) is 118 cm³/mol. The van der Waals surface area contributed by atoms with Gasteiger partial charge in [0, 0.05) is 31.0 Å². The van der Waals surface area contributed by atoms with Gasteiger partial charge in [0.05, 0.1) is 0 Å². The number of hydrogen-bond donors (Lipinski definition) is 2. The Morgan fingerprint density at radius 2 is 1.97 bits per heavy atom. The normalized spacial score (nSPS) is 17.5. The Hall–Kier alpha value is -2.28. The minimum absolute atomic E-state index is 0.129. The molecule has 7 heteroatoms. The highest BCUT2D eigenvalue weighted by molar-refractivity contribution is 5.91. The number of benzene rings is 1. The van der Waals surface area contributed by atoms with E-state index in [-0.39, 0.29) is 6.03 Å². The fourth-order valence-electron chi connectivity index (χ4n) is 3.47. The van der Waals surface area contributed by atoms with Crippen LogP contribution in [0.5, 0.6) is 0 Å². The Morgan fingerprint density at radius 3 is 2.59 bits per heavy atom. The average molecular weight is 405 g/mol. The smallest absolute Gasteiger partial charge is 0.412 e. The monoisotopic (exact) mass is 404 g/mol. The van der Waals surface area contributed by atoms with Gasteiger partial charge in [0.15, 0.2) is 0 Å². The number of hydrogen-bond acceptors (Lipinski definition) is 4. The number of carbonyl (C=O) groups excluding carboxylic acids is 2. The van der Waals surface area contributed by atoms with E-state index in [0.717, 1.165) is 25.1 Å². The highest BCUT2D eigenvalue weighted by Gasteiger charge is 2.20. The lowest BCUT2D eigenvalue weighted by atomic mass is 10.00. The molecule has 0 radical (unpaired) electrons. The van der Waals surface area contributed by atoms with Crippen LogP contribution in [0.1, 0.15) is 52.0 Å². The largest absolute Gasteiger partial charge is 0.444 e. The van der Waals surface area contributed by atoms with Crippen LogP contribution in [-0.2, 0) is 4.74 Å². The van der Waals surface area contributed by atoms with Crippen LogP contribution in [0.4, 0.5) is 21.0 Å². The van der Waals surface area contributed by atoms with E-state index in [9.17, 15) is 9.59 Å². The average Bonchev–Trinajstić information content (AvgIpc) is 2.61. The van der Waals surface area contributed by atoms with Crippen molar-refractivity contribution in [3.8, 4) is 0 Å². The second-order valence-electron chi connectivity index (χ2n) is 8.93. The molecule has 2 rings (SSSR count).